The van der Waals surface area contributed by atoms with Crippen molar-refractivity contribution in [1.29, 1.82) is 0 Å². The maximum Gasteiger partial charge on any atom is 0.416 e. The van der Waals surface area contributed by atoms with Gasteiger partial charge >= 0.3 is 6.18 Å². The molecular weight excluding hydrogens is 350 g/mol. The fourth-order valence-electron chi connectivity index (χ4n) is 3.46. The van der Waals surface area contributed by atoms with Gasteiger partial charge in [-0.05, 0) is 29.3 Å². The van der Waals surface area contributed by atoms with Crippen molar-refractivity contribution in [3.8, 4) is 11.3 Å². The van der Waals surface area contributed by atoms with E-state index in [1.807, 2.05) is 0 Å². The Kier molecular flexibility index (Phi) is 3.80. The van der Waals surface area contributed by atoms with E-state index in [2.05, 4.69) is 9.97 Å². The maximum atomic E-state index is 13.3. The van der Waals surface area contributed by atoms with Gasteiger partial charge in [0.1, 0.15) is 5.82 Å². The van der Waals surface area contributed by atoms with Gasteiger partial charge < -0.3 is 9.67 Å². The molecule has 0 amide bonds. The van der Waals surface area contributed by atoms with Crippen LogP contribution in [0.5, 0.6) is 0 Å². The number of nitrogens with zero attached hydrogens (tertiary/aromatic N) is 3. The number of rotatable bonds is 3. The summed E-state index contributed by atoms with van der Waals surface area (Å²) in [5.74, 6) is -0.998. The van der Waals surface area contributed by atoms with Crippen molar-refractivity contribution < 1.29 is 22.7 Å². The van der Waals surface area contributed by atoms with Crippen LogP contribution >= 0.6 is 0 Å². The third kappa shape index (κ3) is 2.66. The van der Waals surface area contributed by atoms with Crippen LogP contribution in [0.15, 0.2) is 49.2 Å². The highest BCUT2D eigenvalue weighted by atomic mass is 19.4. The number of fused-ring (bicyclic) bond motifs is 3. The Hall–Kier alpha value is -2.74. The zero-order chi connectivity index (χ0) is 18.5. The first-order valence-corrected chi connectivity index (χ1v) is 7.87. The summed E-state index contributed by atoms with van der Waals surface area (Å²) < 4.78 is 54.8. The number of aliphatic hydroxyl groups is 1. The van der Waals surface area contributed by atoms with Gasteiger partial charge in [0.25, 0.3) is 0 Å². The monoisotopic (exact) mass is 363 g/mol. The van der Waals surface area contributed by atoms with E-state index < -0.39 is 23.7 Å². The molecule has 134 valence electrons. The fraction of sp³-hybridized carbons (Fsp3) is 0.222. The van der Waals surface area contributed by atoms with E-state index in [4.69, 9.17) is 0 Å². The SMILES string of the molecule is OC(CC1c2ccncc2-c2cncn21)c1ccc(F)cc1C(F)(F)F. The maximum absolute atomic E-state index is 13.3. The molecule has 4 rings (SSSR count). The standard InChI is InChI=1S/C18H13F4N3O/c19-10-1-2-12(14(5-10)18(20,21)22)17(26)6-15-11-3-4-23-7-13(11)16-8-24-9-25(15)16/h1-5,7-9,15,17,26H,6H2. The van der Waals surface area contributed by atoms with Crippen LogP contribution in [-0.2, 0) is 6.18 Å². The van der Waals surface area contributed by atoms with Gasteiger partial charge in [-0.15, -0.1) is 0 Å². The summed E-state index contributed by atoms with van der Waals surface area (Å²) in [4.78, 5) is 8.13. The number of pyridine rings is 1. The molecule has 0 spiro atoms. The van der Waals surface area contributed by atoms with Crippen molar-refractivity contribution in [3.63, 3.8) is 0 Å². The van der Waals surface area contributed by atoms with Gasteiger partial charge in [-0.25, -0.2) is 9.37 Å². The lowest BCUT2D eigenvalue weighted by molar-refractivity contribution is -0.139. The molecule has 1 aromatic carbocycles. The predicted octanol–water partition coefficient (Wildman–Crippen LogP) is 4.13. The van der Waals surface area contributed by atoms with Gasteiger partial charge in [-0.1, -0.05) is 6.07 Å². The zero-order valence-electron chi connectivity index (χ0n) is 13.3. The van der Waals surface area contributed by atoms with Crippen LogP contribution in [-0.4, -0.2) is 19.6 Å². The van der Waals surface area contributed by atoms with Crippen LogP contribution in [0.3, 0.4) is 0 Å². The molecule has 1 N–H and O–H groups in total. The molecule has 0 bridgehead atoms. The molecule has 1 aliphatic rings. The van der Waals surface area contributed by atoms with Gasteiger partial charge in [0, 0.05) is 24.4 Å². The minimum atomic E-state index is -4.75. The van der Waals surface area contributed by atoms with Crippen LogP contribution in [0, 0.1) is 5.82 Å². The summed E-state index contributed by atoms with van der Waals surface area (Å²) in [5, 5.41) is 10.5. The third-order valence-corrected chi connectivity index (χ3v) is 4.62. The second-order valence-corrected chi connectivity index (χ2v) is 6.15. The van der Waals surface area contributed by atoms with Crippen LogP contribution in [0.25, 0.3) is 11.3 Å². The van der Waals surface area contributed by atoms with E-state index in [-0.39, 0.29) is 18.0 Å². The Labute approximate surface area is 145 Å². The van der Waals surface area contributed by atoms with Crippen LogP contribution in [0.4, 0.5) is 17.6 Å². The van der Waals surface area contributed by atoms with Gasteiger partial charge in [0.2, 0.25) is 0 Å². The van der Waals surface area contributed by atoms with E-state index in [1.165, 1.54) is 0 Å². The second-order valence-electron chi connectivity index (χ2n) is 6.15. The van der Waals surface area contributed by atoms with Crippen LogP contribution in [0.1, 0.15) is 35.3 Å². The summed E-state index contributed by atoms with van der Waals surface area (Å²) in [6.07, 6.45) is 0.288. The molecule has 0 aliphatic carbocycles. The lowest BCUT2D eigenvalue weighted by Gasteiger charge is -2.22. The largest absolute Gasteiger partial charge is 0.416 e. The Morgan fingerprint density at radius 1 is 1.15 bits per heavy atom. The molecule has 8 heteroatoms. The molecule has 0 radical (unpaired) electrons. The quantitative estimate of drug-likeness (QED) is 0.712. The van der Waals surface area contributed by atoms with Crippen molar-refractivity contribution in [2.24, 2.45) is 0 Å². The normalized spacial score (nSPS) is 17.0. The molecule has 2 atom stereocenters. The first-order chi connectivity index (χ1) is 12.4. The van der Waals surface area contributed by atoms with Crippen molar-refractivity contribution in [2.75, 3.05) is 0 Å². The molecule has 3 heterocycles. The van der Waals surface area contributed by atoms with Crippen LogP contribution in [0.2, 0.25) is 0 Å². The number of aromatic nitrogens is 3. The first kappa shape index (κ1) is 16.7. The smallest absolute Gasteiger partial charge is 0.388 e. The van der Waals surface area contributed by atoms with Gasteiger partial charge in [-0.3, -0.25) is 4.98 Å². The Bertz CT molecular complexity index is 967. The first-order valence-electron chi connectivity index (χ1n) is 7.87. The van der Waals surface area contributed by atoms with Gasteiger partial charge in [0.15, 0.2) is 0 Å². The summed E-state index contributed by atoms with van der Waals surface area (Å²) in [7, 11) is 0. The third-order valence-electron chi connectivity index (χ3n) is 4.62. The summed E-state index contributed by atoms with van der Waals surface area (Å²) in [6, 6.07) is 3.71. The molecule has 0 saturated heterocycles. The van der Waals surface area contributed by atoms with Crippen molar-refractivity contribution >= 4 is 0 Å². The molecule has 0 fully saturated rings. The lowest BCUT2D eigenvalue weighted by atomic mass is 9.94. The molecule has 2 unspecified atom stereocenters. The molecular formula is C18H13F4N3O. The predicted molar refractivity (Wildman–Crippen MR) is 84.6 cm³/mol. The van der Waals surface area contributed by atoms with E-state index in [1.54, 1.807) is 35.6 Å². The number of hydrogen-bond donors (Lipinski definition) is 1. The minimum Gasteiger partial charge on any atom is -0.388 e. The summed E-state index contributed by atoms with van der Waals surface area (Å²) in [6.45, 7) is 0. The highest BCUT2D eigenvalue weighted by Crippen LogP contribution is 2.44. The Morgan fingerprint density at radius 3 is 2.73 bits per heavy atom. The highest BCUT2D eigenvalue weighted by Gasteiger charge is 2.37. The number of hydrogen-bond acceptors (Lipinski definition) is 3. The van der Waals surface area contributed by atoms with E-state index >= 15 is 0 Å². The summed E-state index contributed by atoms with van der Waals surface area (Å²) >= 11 is 0. The average Bonchev–Trinajstić information content (AvgIpc) is 3.17. The molecule has 0 saturated carbocycles. The molecule has 26 heavy (non-hydrogen) atoms. The van der Waals surface area contributed by atoms with Crippen molar-refractivity contribution in [2.45, 2.75) is 24.7 Å². The van der Waals surface area contributed by atoms with E-state index in [0.29, 0.717) is 6.07 Å². The number of aliphatic hydroxyl groups excluding tert-OH is 1. The topological polar surface area (TPSA) is 50.9 Å². The molecule has 4 nitrogen and oxygen atoms in total. The van der Waals surface area contributed by atoms with Gasteiger partial charge in [-0.2, -0.15) is 13.2 Å². The summed E-state index contributed by atoms with van der Waals surface area (Å²) in [5.41, 5.74) is 0.969. The number of benzene rings is 1. The number of imidazole rings is 1. The van der Waals surface area contributed by atoms with Crippen molar-refractivity contribution in [3.05, 3.63) is 71.7 Å². The minimum absolute atomic E-state index is 0.00488. The molecule has 3 aromatic rings. The van der Waals surface area contributed by atoms with Crippen molar-refractivity contribution in [1.82, 2.24) is 14.5 Å². The number of alkyl halides is 3. The molecule has 1 aliphatic heterocycles. The van der Waals surface area contributed by atoms with E-state index in [9.17, 15) is 22.7 Å². The molecule has 2 aromatic heterocycles. The Balaban J connectivity index is 1.71. The van der Waals surface area contributed by atoms with E-state index in [0.717, 1.165) is 29.0 Å². The number of halogens is 4. The van der Waals surface area contributed by atoms with Gasteiger partial charge in [0.05, 0.1) is 35.9 Å². The average molecular weight is 363 g/mol. The zero-order valence-corrected chi connectivity index (χ0v) is 13.3. The highest BCUT2D eigenvalue weighted by molar-refractivity contribution is 5.67. The lowest BCUT2D eigenvalue weighted by Crippen LogP contribution is -2.16. The fourth-order valence-corrected chi connectivity index (χ4v) is 3.46. The van der Waals surface area contributed by atoms with Crippen LogP contribution < -0.4 is 0 Å². The second kappa shape index (κ2) is 5.91. The Morgan fingerprint density at radius 2 is 1.96 bits per heavy atom.